The van der Waals surface area contributed by atoms with Gasteiger partial charge in [-0.2, -0.15) is 4.52 Å². The fourth-order valence-electron chi connectivity index (χ4n) is 5.87. The summed E-state index contributed by atoms with van der Waals surface area (Å²) in [5.74, 6) is 2.77. The largest absolute Gasteiger partial charge is 0.494 e. The van der Waals surface area contributed by atoms with Crippen LogP contribution in [0, 0.1) is 0 Å². The first-order valence-electron chi connectivity index (χ1n) is 13.4. The van der Waals surface area contributed by atoms with E-state index < -0.39 is 0 Å². The number of rotatable bonds is 5. The molecule has 1 fully saturated rings. The molecule has 5 heterocycles. The van der Waals surface area contributed by atoms with E-state index in [1.54, 1.807) is 11.6 Å². The van der Waals surface area contributed by atoms with E-state index in [0.717, 1.165) is 62.7 Å². The predicted octanol–water partition coefficient (Wildman–Crippen LogP) is 3.15. The molecule has 10 heteroatoms. The van der Waals surface area contributed by atoms with Crippen LogP contribution in [0.1, 0.15) is 17.0 Å². The number of fused-ring (bicyclic) bond motifs is 4. The van der Waals surface area contributed by atoms with E-state index in [0.29, 0.717) is 29.4 Å². The Hall–Kier alpha value is -4.44. The molecule has 0 atom stereocenters. The first kappa shape index (κ1) is 23.7. The molecular weight excluding hydrogens is 490 g/mol. The number of benzene rings is 2. The molecule has 0 amide bonds. The van der Waals surface area contributed by atoms with Crippen LogP contribution >= 0.6 is 0 Å². The number of piperazine rings is 1. The first-order chi connectivity index (χ1) is 19.2. The summed E-state index contributed by atoms with van der Waals surface area (Å²) < 4.78 is 7.13. The fraction of sp³-hybridized carbons (Fsp3) is 0.310. The molecule has 39 heavy (non-hydrogen) atoms. The Labute approximate surface area is 226 Å². The number of hydrogen-bond acceptors (Lipinski definition) is 9. The standard InChI is InChI=1S/C29H31N9O/c1-39-24-9-5-7-21-27(24)33-29(30)38-28(21)32-25(34-38)19-35-13-11-20-6-4-8-23(22(20)18-35)36-14-16-37(17-15-36)26-10-2-3-12-31-26/h2-10,12H,11,13-19H2,1H3,(H2,30,33). The number of nitrogen functional groups attached to an aromatic ring is 1. The molecule has 7 rings (SSSR count). The van der Waals surface area contributed by atoms with Crippen LogP contribution < -0.4 is 20.3 Å². The lowest BCUT2D eigenvalue weighted by molar-refractivity contribution is 0.240. The lowest BCUT2D eigenvalue weighted by Crippen LogP contribution is -2.47. The van der Waals surface area contributed by atoms with Gasteiger partial charge in [-0.3, -0.25) is 4.90 Å². The van der Waals surface area contributed by atoms with E-state index in [2.05, 4.69) is 55.0 Å². The van der Waals surface area contributed by atoms with Crippen LogP contribution in [0.4, 0.5) is 17.5 Å². The minimum absolute atomic E-state index is 0.303. The highest BCUT2D eigenvalue weighted by atomic mass is 16.5. The molecule has 2 aliphatic heterocycles. The van der Waals surface area contributed by atoms with Gasteiger partial charge in [-0.05, 0) is 47.9 Å². The quantitative estimate of drug-likeness (QED) is 0.374. The summed E-state index contributed by atoms with van der Waals surface area (Å²) in [6.07, 6.45) is 2.88. The second kappa shape index (κ2) is 9.70. The van der Waals surface area contributed by atoms with Gasteiger partial charge >= 0.3 is 0 Å². The lowest BCUT2D eigenvalue weighted by atomic mass is 9.97. The maximum absolute atomic E-state index is 6.27. The van der Waals surface area contributed by atoms with E-state index in [4.69, 9.17) is 20.6 Å². The molecule has 0 spiro atoms. The monoisotopic (exact) mass is 521 g/mol. The minimum atomic E-state index is 0.303. The highest BCUT2D eigenvalue weighted by Crippen LogP contribution is 2.32. The number of nitrogens with two attached hydrogens (primary N) is 1. The van der Waals surface area contributed by atoms with Gasteiger partial charge in [0.2, 0.25) is 5.95 Å². The molecule has 0 saturated carbocycles. The Morgan fingerprint density at radius 3 is 2.56 bits per heavy atom. The third-order valence-corrected chi connectivity index (χ3v) is 7.84. The molecule has 10 nitrogen and oxygen atoms in total. The zero-order chi connectivity index (χ0) is 26.3. The molecule has 198 valence electrons. The molecule has 2 N–H and O–H groups in total. The average Bonchev–Trinajstić information content (AvgIpc) is 3.42. The van der Waals surface area contributed by atoms with Crippen molar-refractivity contribution in [1.82, 2.24) is 29.5 Å². The third-order valence-electron chi connectivity index (χ3n) is 7.84. The van der Waals surface area contributed by atoms with Gasteiger partial charge in [0.15, 0.2) is 11.5 Å². The smallest absolute Gasteiger partial charge is 0.223 e. The summed E-state index contributed by atoms with van der Waals surface area (Å²) in [5.41, 5.74) is 11.9. The molecule has 5 aromatic rings. The van der Waals surface area contributed by atoms with Gasteiger partial charge < -0.3 is 20.3 Å². The summed E-state index contributed by atoms with van der Waals surface area (Å²) in [6.45, 7) is 6.35. The topological polar surface area (TPSA) is 101 Å². The van der Waals surface area contributed by atoms with Crippen LogP contribution in [0.2, 0.25) is 0 Å². The number of methoxy groups -OCH3 is 1. The number of pyridine rings is 1. The number of aromatic nitrogens is 5. The Balaban J connectivity index is 1.12. The summed E-state index contributed by atoms with van der Waals surface area (Å²) in [5, 5.41) is 5.60. The fourth-order valence-corrected chi connectivity index (χ4v) is 5.87. The molecule has 3 aromatic heterocycles. The van der Waals surface area contributed by atoms with Crippen molar-refractivity contribution < 1.29 is 4.74 Å². The van der Waals surface area contributed by atoms with E-state index in [1.807, 2.05) is 30.5 Å². The maximum Gasteiger partial charge on any atom is 0.223 e. The van der Waals surface area contributed by atoms with Gasteiger partial charge in [-0.1, -0.05) is 24.3 Å². The number of para-hydroxylation sites is 1. The van der Waals surface area contributed by atoms with E-state index in [9.17, 15) is 0 Å². The molecule has 2 aliphatic rings. The SMILES string of the molecule is COc1cccc2c1nc(N)n1nc(CN3CCc4cccc(N5CCN(c6ccccn6)CC5)c4C3)nc21. The summed E-state index contributed by atoms with van der Waals surface area (Å²) in [7, 11) is 1.63. The van der Waals surface area contributed by atoms with Crippen molar-refractivity contribution in [1.29, 1.82) is 0 Å². The number of anilines is 3. The van der Waals surface area contributed by atoms with Crippen LogP contribution in [0.15, 0.2) is 60.8 Å². The Bertz CT molecular complexity index is 1640. The Morgan fingerprint density at radius 2 is 1.74 bits per heavy atom. The Kier molecular flexibility index (Phi) is 5.89. The maximum atomic E-state index is 6.27. The highest BCUT2D eigenvalue weighted by Gasteiger charge is 2.25. The second-order valence-electron chi connectivity index (χ2n) is 10.1. The van der Waals surface area contributed by atoms with E-state index >= 15 is 0 Å². The van der Waals surface area contributed by atoms with Crippen molar-refractivity contribution in [2.45, 2.75) is 19.5 Å². The minimum Gasteiger partial charge on any atom is -0.494 e. The summed E-state index contributed by atoms with van der Waals surface area (Å²) in [4.78, 5) is 21.3. The normalized spacial score (nSPS) is 16.1. The first-order valence-corrected chi connectivity index (χ1v) is 13.4. The zero-order valence-electron chi connectivity index (χ0n) is 22.0. The van der Waals surface area contributed by atoms with Gasteiger partial charge in [-0.15, -0.1) is 5.10 Å². The van der Waals surface area contributed by atoms with Gasteiger partial charge in [0, 0.05) is 56.5 Å². The molecule has 2 aromatic carbocycles. The second-order valence-corrected chi connectivity index (χ2v) is 10.1. The Morgan fingerprint density at radius 1 is 0.897 bits per heavy atom. The van der Waals surface area contributed by atoms with Gasteiger partial charge in [0.1, 0.15) is 17.1 Å². The van der Waals surface area contributed by atoms with Crippen LogP contribution in [0.25, 0.3) is 16.6 Å². The van der Waals surface area contributed by atoms with Crippen molar-refractivity contribution in [2.75, 3.05) is 55.4 Å². The molecular formula is C29H31N9O. The van der Waals surface area contributed by atoms with Crippen LogP contribution in [0.5, 0.6) is 5.75 Å². The van der Waals surface area contributed by atoms with Crippen LogP contribution in [0.3, 0.4) is 0 Å². The van der Waals surface area contributed by atoms with Crippen LogP contribution in [-0.4, -0.2) is 69.3 Å². The number of hydrogen-bond donors (Lipinski definition) is 1. The van der Waals surface area contributed by atoms with Crippen molar-refractivity contribution in [3.8, 4) is 5.75 Å². The zero-order valence-corrected chi connectivity index (χ0v) is 22.0. The van der Waals surface area contributed by atoms with Crippen LogP contribution in [-0.2, 0) is 19.5 Å². The van der Waals surface area contributed by atoms with Crippen molar-refractivity contribution >= 4 is 34.0 Å². The number of ether oxygens (including phenoxy) is 1. The predicted molar refractivity (Wildman–Crippen MR) is 152 cm³/mol. The van der Waals surface area contributed by atoms with E-state index in [-0.39, 0.29) is 0 Å². The van der Waals surface area contributed by atoms with Gasteiger partial charge in [0.05, 0.1) is 13.7 Å². The molecule has 0 aliphatic carbocycles. The summed E-state index contributed by atoms with van der Waals surface area (Å²) >= 11 is 0. The van der Waals surface area contributed by atoms with Gasteiger partial charge in [0.25, 0.3) is 0 Å². The molecule has 0 radical (unpaired) electrons. The number of nitrogens with zero attached hydrogens (tertiary/aromatic N) is 8. The van der Waals surface area contributed by atoms with E-state index in [1.165, 1.54) is 16.8 Å². The molecule has 0 bridgehead atoms. The molecule has 1 saturated heterocycles. The van der Waals surface area contributed by atoms with Crippen molar-refractivity contribution in [2.24, 2.45) is 0 Å². The molecule has 0 unspecified atom stereocenters. The lowest BCUT2D eigenvalue weighted by Gasteiger charge is -2.39. The average molecular weight is 522 g/mol. The van der Waals surface area contributed by atoms with Gasteiger partial charge in [-0.25, -0.2) is 15.0 Å². The highest BCUT2D eigenvalue weighted by molar-refractivity contribution is 5.95. The van der Waals surface area contributed by atoms with Crippen molar-refractivity contribution in [3.63, 3.8) is 0 Å². The van der Waals surface area contributed by atoms with Crippen molar-refractivity contribution in [3.05, 3.63) is 77.7 Å². The third kappa shape index (κ3) is 4.26. The summed E-state index contributed by atoms with van der Waals surface area (Å²) in [6, 6.07) is 18.7.